The Bertz CT molecular complexity index is 843. The summed E-state index contributed by atoms with van der Waals surface area (Å²) in [6.45, 7) is 2.45. The summed E-state index contributed by atoms with van der Waals surface area (Å²) in [5, 5.41) is 11.4. The second-order valence-corrected chi connectivity index (χ2v) is 7.72. The van der Waals surface area contributed by atoms with Crippen molar-refractivity contribution in [2.45, 2.75) is 45.4 Å². The van der Waals surface area contributed by atoms with E-state index in [4.69, 9.17) is 5.11 Å². The van der Waals surface area contributed by atoms with Gasteiger partial charge in [-0.25, -0.2) is 0 Å². The molecule has 1 aromatic rings. The van der Waals surface area contributed by atoms with Crippen molar-refractivity contribution in [2.24, 2.45) is 11.8 Å². The number of allylic oxidation sites excluding steroid dienone is 2. The number of rotatable bonds is 8. The van der Waals surface area contributed by atoms with Gasteiger partial charge in [-0.05, 0) is 56.9 Å². The third-order valence-electron chi connectivity index (χ3n) is 5.56. The van der Waals surface area contributed by atoms with E-state index in [1.54, 1.807) is 24.3 Å². The van der Waals surface area contributed by atoms with Crippen LogP contribution in [0.25, 0.3) is 0 Å². The maximum Gasteiger partial charge on any atom is 0.303 e. The van der Waals surface area contributed by atoms with Crippen molar-refractivity contribution in [3.8, 4) is 0 Å². The Morgan fingerprint density at radius 2 is 1.76 bits per heavy atom. The van der Waals surface area contributed by atoms with Gasteiger partial charge in [-0.1, -0.05) is 18.1 Å². The maximum atomic E-state index is 12.7. The zero-order chi connectivity index (χ0) is 21.0. The number of benzene rings is 1. The molecule has 3 amide bonds. The molecule has 29 heavy (non-hydrogen) atoms. The average Bonchev–Trinajstić information content (AvgIpc) is 2.94. The monoisotopic (exact) mass is 398 g/mol. The van der Waals surface area contributed by atoms with Crippen LogP contribution in [0.5, 0.6) is 0 Å². The molecule has 0 aromatic heterocycles. The first-order valence-corrected chi connectivity index (χ1v) is 10.0. The maximum absolute atomic E-state index is 12.7. The molecule has 0 radical (unpaired) electrons. The molecular weight excluding hydrogens is 372 g/mol. The molecule has 1 fully saturated rings. The van der Waals surface area contributed by atoms with Gasteiger partial charge >= 0.3 is 5.97 Å². The van der Waals surface area contributed by atoms with Crippen molar-refractivity contribution in [2.75, 3.05) is 11.4 Å². The number of carbonyl (C=O) groups excluding carboxylic acids is 3. The fourth-order valence-electron chi connectivity index (χ4n) is 3.94. The van der Waals surface area contributed by atoms with Crippen molar-refractivity contribution in [1.82, 2.24) is 5.32 Å². The van der Waals surface area contributed by atoms with Crippen LogP contribution in [-0.4, -0.2) is 35.3 Å². The van der Waals surface area contributed by atoms with Gasteiger partial charge < -0.3 is 10.4 Å². The summed E-state index contributed by atoms with van der Waals surface area (Å²) in [6.07, 6.45) is 5.44. The van der Waals surface area contributed by atoms with Gasteiger partial charge in [0.15, 0.2) is 0 Å². The quantitative estimate of drug-likeness (QED) is 0.398. The van der Waals surface area contributed by atoms with Crippen LogP contribution in [0, 0.1) is 11.8 Å². The second kappa shape index (κ2) is 9.03. The number of unbranched alkanes of at least 4 members (excludes halogenated alkanes) is 2. The van der Waals surface area contributed by atoms with E-state index >= 15 is 0 Å². The molecule has 1 saturated heterocycles. The minimum absolute atomic E-state index is 0.140. The van der Waals surface area contributed by atoms with E-state index in [2.05, 4.69) is 5.32 Å². The smallest absolute Gasteiger partial charge is 0.303 e. The number of amides is 3. The van der Waals surface area contributed by atoms with Crippen LogP contribution in [0.3, 0.4) is 0 Å². The van der Waals surface area contributed by atoms with Gasteiger partial charge in [-0.3, -0.25) is 24.1 Å². The molecular formula is C22H26N2O5. The molecule has 1 aliphatic carbocycles. The number of hydrogen-bond acceptors (Lipinski definition) is 4. The minimum Gasteiger partial charge on any atom is -0.481 e. The van der Waals surface area contributed by atoms with Gasteiger partial charge in [0.1, 0.15) is 0 Å². The highest BCUT2D eigenvalue weighted by Gasteiger charge is 2.48. The Balaban J connectivity index is 1.55. The van der Waals surface area contributed by atoms with Crippen molar-refractivity contribution in [3.63, 3.8) is 0 Å². The first-order valence-electron chi connectivity index (χ1n) is 10.0. The predicted molar refractivity (Wildman–Crippen MR) is 107 cm³/mol. The topological polar surface area (TPSA) is 104 Å². The van der Waals surface area contributed by atoms with Crippen molar-refractivity contribution < 1.29 is 24.3 Å². The Hall–Kier alpha value is -2.96. The molecule has 1 aliphatic heterocycles. The lowest BCUT2D eigenvalue weighted by Crippen LogP contribution is -2.31. The normalized spacial score (nSPS) is 21.0. The van der Waals surface area contributed by atoms with Crippen LogP contribution < -0.4 is 10.2 Å². The van der Waals surface area contributed by atoms with E-state index in [0.29, 0.717) is 43.5 Å². The van der Waals surface area contributed by atoms with Gasteiger partial charge in [-0.2, -0.15) is 0 Å². The lowest BCUT2D eigenvalue weighted by atomic mass is 9.82. The molecule has 2 N–H and O–H groups in total. The van der Waals surface area contributed by atoms with Crippen molar-refractivity contribution >= 4 is 29.4 Å². The van der Waals surface area contributed by atoms with Crippen LogP contribution in [0.4, 0.5) is 5.69 Å². The van der Waals surface area contributed by atoms with Gasteiger partial charge in [0.05, 0.1) is 17.5 Å². The number of nitrogens with zero attached hydrogens (tertiary/aromatic N) is 1. The lowest BCUT2D eigenvalue weighted by molar-refractivity contribution is -0.137. The average molecular weight is 398 g/mol. The Morgan fingerprint density at radius 1 is 1.07 bits per heavy atom. The number of nitrogens with one attached hydrogen (secondary N) is 1. The van der Waals surface area contributed by atoms with Gasteiger partial charge in [0.25, 0.3) is 5.91 Å². The molecule has 0 unspecified atom stereocenters. The molecule has 154 valence electrons. The Kier molecular flexibility index (Phi) is 6.46. The molecule has 2 atom stereocenters. The summed E-state index contributed by atoms with van der Waals surface area (Å²) in [4.78, 5) is 49.4. The van der Waals surface area contributed by atoms with E-state index in [9.17, 15) is 19.2 Å². The summed E-state index contributed by atoms with van der Waals surface area (Å²) < 4.78 is 0. The number of hydrogen-bond donors (Lipinski definition) is 2. The number of fused-ring (bicyclic) bond motifs is 1. The molecule has 0 bridgehead atoms. The molecule has 7 heteroatoms. The van der Waals surface area contributed by atoms with E-state index in [0.717, 1.165) is 12.0 Å². The van der Waals surface area contributed by atoms with Crippen molar-refractivity contribution in [1.29, 1.82) is 0 Å². The Morgan fingerprint density at radius 3 is 2.45 bits per heavy atom. The van der Waals surface area contributed by atoms with Crippen LogP contribution in [0.15, 0.2) is 35.9 Å². The molecule has 1 heterocycles. The van der Waals surface area contributed by atoms with Crippen LogP contribution in [0.1, 0.15) is 55.8 Å². The Labute approximate surface area is 169 Å². The van der Waals surface area contributed by atoms with E-state index in [1.807, 2.05) is 13.0 Å². The number of carboxylic acid groups (broad SMARTS) is 1. The zero-order valence-corrected chi connectivity index (χ0v) is 16.5. The highest BCUT2D eigenvalue weighted by molar-refractivity contribution is 6.22. The molecule has 7 nitrogen and oxygen atoms in total. The standard InChI is InChI=1S/C22H26N2O5/c1-14-6-11-17-18(13-14)22(29)24(21(17)28)16-9-7-15(8-10-16)20(27)23-12-4-2-3-5-19(25)26/h6-10,17-18H,2-5,11-13H2,1H3,(H,23,27)(H,25,26)/t17-,18+/m0/s1. The van der Waals surface area contributed by atoms with Crippen LogP contribution in [0.2, 0.25) is 0 Å². The fraction of sp³-hybridized carbons (Fsp3) is 0.455. The van der Waals surface area contributed by atoms with Gasteiger partial charge in [0, 0.05) is 18.5 Å². The molecule has 2 aliphatic rings. The third kappa shape index (κ3) is 4.72. The summed E-state index contributed by atoms with van der Waals surface area (Å²) >= 11 is 0. The number of carbonyl (C=O) groups is 4. The molecule has 0 spiro atoms. The zero-order valence-electron chi connectivity index (χ0n) is 16.5. The summed E-state index contributed by atoms with van der Waals surface area (Å²) in [5.41, 5.74) is 2.09. The number of imide groups is 1. The number of carboxylic acids is 1. The summed E-state index contributed by atoms with van der Waals surface area (Å²) in [7, 11) is 0. The molecule has 0 saturated carbocycles. The summed E-state index contributed by atoms with van der Waals surface area (Å²) in [5.74, 6) is -1.93. The van der Waals surface area contributed by atoms with Crippen LogP contribution >= 0.6 is 0 Å². The first kappa shape index (κ1) is 20.8. The number of anilines is 1. The van der Waals surface area contributed by atoms with Gasteiger partial charge in [0.2, 0.25) is 11.8 Å². The lowest BCUT2D eigenvalue weighted by Gasteiger charge is -2.18. The second-order valence-electron chi connectivity index (χ2n) is 7.72. The van der Waals surface area contributed by atoms with E-state index in [1.165, 1.54) is 4.90 Å². The van der Waals surface area contributed by atoms with E-state index in [-0.39, 0.29) is 36.0 Å². The number of aliphatic carboxylic acids is 1. The highest BCUT2D eigenvalue weighted by atomic mass is 16.4. The van der Waals surface area contributed by atoms with Crippen molar-refractivity contribution in [3.05, 3.63) is 41.5 Å². The first-order chi connectivity index (χ1) is 13.9. The van der Waals surface area contributed by atoms with E-state index < -0.39 is 5.97 Å². The SMILES string of the molecule is CC1=CC[C@@H]2C(=O)N(c3ccc(C(=O)NCCCCCC(=O)O)cc3)C(=O)[C@@H]2C1. The van der Waals surface area contributed by atoms with Gasteiger partial charge in [-0.15, -0.1) is 0 Å². The van der Waals surface area contributed by atoms with Crippen LogP contribution in [-0.2, 0) is 14.4 Å². The predicted octanol–water partition coefficient (Wildman–Crippen LogP) is 2.91. The largest absolute Gasteiger partial charge is 0.481 e. The fourth-order valence-corrected chi connectivity index (χ4v) is 3.94. The minimum atomic E-state index is -0.810. The molecule has 1 aromatic carbocycles. The third-order valence-corrected chi connectivity index (χ3v) is 5.56. The summed E-state index contributed by atoms with van der Waals surface area (Å²) in [6, 6.07) is 6.49. The highest BCUT2D eigenvalue weighted by Crippen LogP contribution is 2.39. The molecule has 3 rings (SSSR count).